The van der Waals surface area contributed by atoms with Crippen molar-refractivity contribution < 1.29 is 18.3 Å². The van der Waals surface area contributed by atoms with Crippen molar-refractivity contribution in [1.29, 1.82) is 0 Å². The minimum absolute atomic E-state index is 0.00340. The Morgan fingerprint density at radius 2 is 1.55 bits per heavy atom. The van der Waals surface area contributed by atoms with Gasteiger partial charge in [0.25, 0.3) is 0 Å². The molecule has 0 amide bonds. The number of benzene rings is 2. The van der Waals surface area contributed by atoms with Crippen LogP contribution in [0.3, 0.4) is 0 Å². The van der Waals surface area contributed by atoms with E-state index in [4.69, 9.17) is 5.11 Å². The van der Waals surface area contributed by atoms with Gasteiger partial charge >= 0.3 is 5.97 Å². The first-order valence-corrected chi connectivity index (χ1v) is 7.74. The van der Waals surface area contributed by atoms with Gasteiger partial charge in [0.1, 0.15) is 0 Å². The predicted molar refractivity (Wildman–Crippen MR) is 75.6 cm³/mol. The number of carboxylic acid groups (broad SMARTS) is 1. The summed E-state index contributed by atoms with van der Waals surface area (Å²) in [7, 11) is -3.30. The molecule has 0 radical (unpaired) electrons. The zero-order chi connectivity index (χ0) is 14.6. The van der Waals surface area contributed by atoms with E-state index in [9.17, 15) is 13.2 Å². The molecule has 0 aliphatic carbocycles. The largest absolute Gasteiger partial charge is 0.478 e. The van der Waals surface area contributed by atoms with Gasteiger partial charge in [-0.25, -0.2) is 13.2 Å². The van der Waals surface area contributed by atoms with Gasteiger partial charge in [-0.3, -0.25) is 0 Å². The number of hydrogen-bond donors (Lipinski definition) is 1. The number of rotatable bonds is 5. The third kappa shape index (κ3) is 3.45. The first-order chi connectivity index (χ1) is 9.49. The highest BCUT2D eigenvalue weighted by Gasteiger charge is 2.13. The molecule has 2 aromatic rings. The third-order valence-corrected chi connectivity index (χ3v) is 4.69. The zero-order valence-corrected chi connectivity index (χ0v) is 11.5. The van der Waals surface area contributed by atoms with E-state index in [-0.39, 0.29) is 11.3 Å². The van der Waals surface area contributed by atoms with Gasteiger partial charge in [-0.1, -0.05) is 30.3 Å². The van der Waals surface area contributed by atoms with E-state index in [1.807, 2.05) is 0 Å². The van der Waals surface area contributed by atoms with Gasteiger partial charge in [-0.15, -0.1) is 0 Å². The lowest BCUT2D eigenvalue weighted by molar-refractivity contribution is 0.0697. The van der Waals surface area contributed by atoms with Gasteiger partial charge in [0.05, 0.1) is 16.2 Å². The quantitative estimate of drug-likeness (QED) is 0.918. The molecule has 0 aromatic heterocycles. The number of sulfone groups is 1. The molecule has 20 heavy (non-hydrogen) atoms. The smallest absolute Gasteiger partial charge is 0.335 e. The molecular weight excluding hydrogens is 276 g/mol. The van der Waals surface area contributed by atoms with Crippen molar-refractivity contribution in [2.24, 2.45) is 0 Å². The Balaban J connectivity index is 2.07. The van der Waals surface area contributed by atoms with Crippen LogP contribution in [0.4, 0.5) is 0 Å². The van der Waals surface area contributed by atoms with E-state index in [2.05, 4.69) is 0 Å². The van der Waals surface area contributed by atoms with E-state index in [1.54, 1.807) is 42.5 Å². The van der Waals surface area contributed by atoms with Crippen molar-refractivity contribution in [3.8, 4) is 0 Å². The van der Waals surface area contributed by atoms with Crippen LogP contribution < -0.4 is 0 Å². The van der Waals surface area contributed by atoms with Crippen LogP contribution in [0, 0.1) is 0 Å². The Morgan fingerprint density at radius 3 is 2.10 bits per heavy atom. The molecule has 104 valence electrons. The molecule has 0 bridgehead atoms. The van der Waals surface area contributed by atoms with Crippen molar-refractivity contribution in [1.82, 2.24) is 0 Å². The molecule has 0 atom stereocenters. The molecule has 1 N–H and O–H groups in total. The van der Waals surface area contributed by atoms with Gasteiger partial charge in [0.2, 0.25) is 0 Å². The first kappa shape index (κ1) is 14.3. The van der Waals surface area contributed by atoms with Crippen molar-refractivity contribution in [2.45, 2.75) is 11.3 Å². The van der Waals surface area contributed by atoms with Crippen LogP contribution in [0.5, 0.6) is 0 Å². The fourth-order valence-corrected chi connectivity index (χ4v) is 3.12. The SMILES string of the molecule is O=C(O)c1ccc(CCS(=O)(=O)c2ccccc2)cc1. The van der Waals surface area contributed by atoms with Crippen molar-refractivity contribution in [3.63, 3.8) is 0 Å². The number of aromatic carboxylic acids is 1. The third-order valence-electron chi connectivity index (χ3n) is 2.96. The second-order valence-corrected chi connectivity index (χ2v) is 6.49. The number of carbonyl (C=O) groups is 1. The van der Waals surface area contributed by atoms with Crippen LogP contribution in [-0.2, 0) is 16.3 Å². The van der Waals surface area contributed by atoms with Crippen molar-refractivity contribution >= 4 is 15.8 Å². The molecule has 0 saturated heterocycles. The molecule has 0 saturated carbocycles. The van der Waals surface area contributed by atoms with Crippen LogP contribution in [0.1, 0.15) is 15.9 Å². The Kier molecular flexibility index (Phi) is 4.20. The maximum absolute atomic E-state index is 12.1. The topological polar surface area (TPSA) is 71.4 Å². The van der Waals surface area contributed by atoms with E-state index < -0.39 is 15.8 Å². The maximum Gasteiger partial charge on any atom is 0.335 e. The summed E-state index contributed by atoms with van der Waals surface area (Å²) in [6, 6.07) is 14.5. The second-order valence-electron chi connectivity index (χ2n) is 4.38. The fourth-order valence-electron chi connectivity index (χ4n) is 1.81. The summed E-state index contributed by atoms with van der Waals surface area (Å²) in [5, 5.41) is 8.79. The molecule has 0 fully saturated rings. The molecule has 4 nitrogen and oxygen atoms in total. The summed E-state index contributed by atoms with van der Waals surface area (Å²) >= 11 is 0. The van der Waals surface area contributed by atoms with Gasteiger partial charge in [-0.05, 0) is 36.2 Å². The lowest BCUT2D eigenvalue weighted by Gasteiger charge is -2.05. The van der Waals surface area contributed by atoms with Crippen molar-refractivity contribution in [2.75, 3.05) is 5.75 Å². The summed E-state index contributed by atoms with van der Waals surface area (Å²) in [5.41, 5.74) is 0.995. The molecule has 0 heterocycles. The van der Waals surface area contributed by atoms with Crippen LogP contribution in [-0.4, -0.2) is 25.2 Å². The van der Waals surface area contributed by atoms with E-state index in [1.165, 1.54) is 12.1 Å². The lowest BCUT2D eigenvalue weighted by Crippen LogP contribution is -2.09. The monoisotopic (exact) mass is 290 g/mol. The summed E-state index contributed by atoms with van der Waals surface area (Å²) in [4.78, 5) is 11.0. The highest BCUT2D eigenvalue weighted by molar-refractivity contribution is 7.91. The van der Waals surface area contributed by atoms with Crippen LogP contribution in [0.15, 0.2) is 59.5 Å². The standard InChI is InChI=1S/C15H14O4S/c16-15(17)13-8-6-12(7-9-13)10-11-20(18,19)14-4-2-1-3-5-14/h1-9H,10-11H2,(H,16,17). The van der Waals surface area contributed by atoms with Crippen LogP contribution in [0.25, 0.3) is 0 Å². The molecule has 0 aliphatic heterocycles. The minimum atomic E-state index is -3.30. The first-order valence-electron chi connectivity index (χ1n) is 6.09. The Morgan fingerprint density at radius 1 is 0.950 bits per heavy atom. The average Bonchev–Trinajstić information content (AvgIpc) is 2.46. The number of carboxylic acids is 1. The maximum atomic E-state index is 12.1. The predicted octanol–water partition coefficient (Wildman–Crippen LogP) is 2.40. The number of aryl methyl sites for hydroxylation is 1. The Labute approximate surface area is 117 Å². The van der Waals surface area contributed by atoms with Gasteiger partial charge in [0, 0.05) is 0 Å². The second kappa shape index (κ2) is 5.88. The van der Waals surface area contributed by atoms with Crippen molar-refractivity contribution in [3.05, 3.63) is 65.7 Å². The summed E-state index contributed by atoms with van der Waals surface area (Å²) in [6.07, 6.45) is 0.358. The van der Waals surface area contributed by atoms with Crippen LogP contribution >= 0.6 is 0 Å². The fraction of sp³-hybridized carbons (Fsp3) is 0.133. The lowest BCUT2D eigenvalue weighted by atomic mass is 10.1. The highest BCUT2D eigenvalue weighted by atomic mass is 32.2. The van der Waals surface area contributed by atoms with E-state index in [0.717, 1.165) is 5.56 Å². The van der Waals surface area contributed by atoms with Crippen LogP contribution in [0.2, 0.25) is 0 Å². The van der Waals surface area contributed by atoms with Gasteiger partial charge in [-0.2, -0.15) is 0 Å². The van der Waals surface area contributed by atoms with Gasteiger partial charge < -0.3 is 5.11 Å². The highest BCUT2D eigenvalue weighted by Crippen LogP contribution is 2.13. The Bertz CT molecular complexity index is 688. The molecule has 0 aliphatic rings. The molecule has 0 unspecified atom stereocenters. The summed E-state index contributed by atoms with van der Waals surface area (Å²) < 4.78 is 24.2. The average molecular weight is 290 g/mol. The molecule has 0 spiro atoms. The minimum Gasteiger partial charge on any atom is -0.478 e. The van der Waals surface area contributed by atoms with E-state index in [0.29, 0.717) is 11.3 Å². The summed E-state index contributed by atoms with van der Waals surface area (Å²) in [6.45, 7) is 0. The van der Waals surface area contributed by atoms with Gasteiger partial charge in [0.15, 0.2) is 9.84 Å². The molecular formula is C15H14O4S. The molecule has 2 rings (SSSR count). The zero-order valence-electron chi connectivity index (χ0n) is 10.7. The Hall–Kier alpha value is -2.14. The summed E-state index contributed by atoms with van der Waals surface area (Å²) in [5.74, 6) is -0.989. The normalized spacial score (nSPS) is 11.2. The number of hydrogen-bond acceptors (Lipinski definition) is 3. The van der Waals surface area contributed by atoms with E-state index >= 15 is 0 Å². The molecule has 2 aromatic carbocycles. The molecule has 5 heteroatoms.